The summed E-state index contributed by atoms with van der Waals surface area (Å²) < 4.78 is 15.1. The Morgan fingerprint density at radius 2 is 2.00 bits per heavy atom. The van der Waals surface area contributed by atoms with Gasteiger partial charge in [-0.15, -0.1) is 0 Å². The Bertz CT molecular complexity index is 1180. The van der Waals surface area contributed by atoms with Gasteiger partial charge in [0, 0.05) is 41.3 Å². The zero-order valence-corrected chi connectivity index (χ0v) is 17.4. The Hall–Kier alpha value is -3.81. The first kappa shape index (κ1) is 20.5. The number of hydrogen-bond donors (Lipinski definition) is 2. The summed E-state index contributed by atoms with van der Waals surface area (Å²) >= 11 is 0. The zero-order valence-electron chi connectivity index (χ0n) is 17.4. The first-order valence-electron chi connectivity index (χ1n) is 10.1. The number of aryl methyl sites for hydroxylation is 1. The summed E-state index contributed by atoms with van der Waals surface area (Å²) in [6, 6.07) is 12.0. The average Bonchev–Trinajstić information content (AvgIpc) is 3.38. The quantitative estimate of drug-likeness (QED) is 0.478. The Balaban J connectivity index is 1.54. The second kappa shape index (κ2) is 8.91. The second-order valence-corrected chi connectivity index (χ2v) is 7.17. The number of hydrogen-bond acceptors (Lipinski definition) is 4. The molecule has 7 nitrogen and oxygen atoms in total. The van der Waals surface area contributed by atoms with Gasteiger partial charge in [0.05, 0.1) is 17.9 Å². The highest BCUT2D eigenvalue weighted by molar-refractivity contribution is 5.93. The van der Waals surface area contributed by atoms with Crippen LogP contribution < -0.4 is 5.32 Å². The molecule has 0 saturated heterocycles. The first-order valence-corrected chi connectivity index (χ1v) is 10.1. The highest BCUT2D eigenvalue weighted by Crippen LogP contribution is 2.26. The summed E-state index contributed by atoms with van der Waals surface area (Å²) in [6.45, 7) is 4.74. The minimum absolute atomic E-state index is 0.220. The van der Waals surface area contributed by atoms with Crippen molar-refractivity contribution >= 4 is 5.91 Å². The van der Waals surface area contributed by atoms with E-state index in [1.54, 1.807) is 24.5 Å². The lowest BCUT2D eigenvalue weighted by molar-refractivity contribution is 0.0946. The molecule has 0 unspecified atom stereocenters. The van der Waals surface area contributed by atoms with Crippen LogP contribution in [0, 0.1) is 12.7 Å². The SMILES string of the molecule is CCc1[nH]nc(C(=O)NCCn2nc(-c3ccc(F)cc3)cc2-c2cccnc2)c1C. The third kappa shape index (κ3) is 4.37. The van der Waals surface area contributed by atoms with E-state index in [1.807, 2.05) is 36.7 Å². The minimum Gasteiger partial charge on any atom is -0.349 e. The molecule has 0 spiro atoms. The van der Waals surface area contributed by atoms with Crippen molar-refractivity contribution in [1.82, 2.24) is 30.3 Å². The summed E-state index contributed by atoms with van der Waals surface area (Å²) in [5.74, 6) is -0.513. The van der Waals surface area contributed by atoms with Gasteiger partial charge in [0.15, 0.2) is 5.69 Å². The molecule has 0 radical (unpaired) electrons. The molecule has 8 heteroatoms. The monoisotopic (exact) mass is 418 g/mol. The molecule has 3 heterocycles. The number of benzene rings is 1. The summed E-state index contributed by atoms with van der Waals surface area (Å²) in [6.07, 6.45) is 4.27. The van der Waals surface area contributed by atoms with E-state index in [1.165, 1.54) is 12.1 Å². The maximum atomic E-state index is 13.3. The molecule has 4 rings (SSSR count). The lowest BCUT2D eigenvalue weighted by Gasteiger charge is -2.08. The molecule has 0 aliphatic carbocycles. The lowest BCUT2D eigenvalue weighted by atomic mass is 10.1. The highest BCUT2D eigenvalue weighted by atomic mass is 19.1. The van der Waals surface area contributed by atoms with Gasteiger partial charge in [0.2, 0.25) is 0 Å². The Labute approximate surface area is 179 Å². The molecule has 4 aromatic rings. The van der Waals surface area contributed by atoms with Crippen LogP contribution in [-0.4, -0.2) is 37.4 Å². The van der Waals surface area contributed by atoms with Crippen molar-refractivity contribution in [3.8, 4) is 22.5 Å². The zero-order chi connectivity index (χ0) is 21.8. The molecular formula is C23H23FN6O. The van der Waals surface area contributed by atoms with Gasteiger partial charge in [-0.25, -0.2) is 4.39 Å². The van der Waals surface area contributed by atoms with Crippen LogP contribution in [0.5, 0.6) is 0 Å². The van der Waals surface area contributed by atoms with Crippen LogP contribution in [0.4, 0.5) is 4.39 Å². The standard InChI is InChI=1S/C23H23FN6O/c1-3-19-15(2)22(28-27-19)23(31)26-11-12-30-21(17-5-4-10-25-14-17)13-20(29-30)16-6-8-18(24)9-7-16/h4-10,13-14H,3,11-12H2,1-2H3,(H,26,31)(H,27,28). The van der Waals surface area contributed by atoms with Crippen molar-refractivity contribution in [1.29, 1.82) is 0 Å². The summed E-state index contributed by atoms with van der Waals surface area (Å²) in [5.41, 5.74) is 5.55. The van der Waals surface area contributed by atoms with Gasteiger partial charge in [-0.3, -0.25) is 19.6 Å². The molecule has 1 aromatic carbocycles. The van der Waals surface area contributed by atoms with E-state index in [2.05, 4.69) is 25.6 Å². The van der Waals surface area contributed by atoms with Crippen LogP contribution in [0.3, 0.4) is 0 Å². The van der Waals surface area contributed by atoms with E-state index in [0.717, 1.165) is 40.2 Å². The molecule has 3 aromatic heterocycles. The maximum absolute atomic E-state index is 13.3. The van der Waals surface area contributed by atoms with Crippen molar-refractivity contribution in [2.75, 3.05) is 6.54 Å². The van der Waals surface area contributed by atoms with Gasteiger partial charge in [-0.2, -0.15) is 10.2 Å². The number of H-pyrrole nitrogens is 1. The van der Waals surface area contributed by atoms with Crippen LogP contribution in [0.25, 0.3) is 22.5 Å². The molecule has 0 bridgehead atoms. The fourth-order valence-corrected chi connectivity index (χ4v) is 3.45. The van der Waals surface area contributed by atoms with Gasteiger partial charge in [0.25, 0.3) is 5.91 Å². The fourth-order valence-electron chi connectivity index (χ4n) is 3.45. The van der Waals surface area contributed by atoms with Crippen LogP contribution in [0.15, 0.2) is 54.9 Å². The predicted octanol–water partition coefficient (Wildman–Crippen LogP) is 3.78. The van der Waals surface area contributed by atoms with Crippen molar-refractivity contribution in [2.45, 2.75) is 26.8 Å². The maximum Gasteiger partial charge on any atom is 0.272 e. The number of nitrogens with one attached hydrogen (secondary N) is 2. The summed E-state index contributed by atoms with van der Waals surface area (Å²) in [5, 5.41) is 14.6. The molecule has 0 aliphatic heterocycles. The summed E-state index contributed by atoms with van der Waals surface area (Å²) in [7, 11) is 0. The third-order valence-electron chi connectivity index (χ3n) is 5.17. The average molecular weight is 418 g/mol. The van der Waals surface area contributed by atoms with Gasteiger partial charge >= 0.3 is 0 Å². The number of halogens is 1. The van der Waals surface area contributed by atoms with Crippen LogP contribution in [-0.2, 0) is 13.0 Å². The number of rotatable bonds is 7. The smallest absolute Gasteiger partial charge is 0.272 e. The molecule has 0 fully saturated rings. The Morgan fingerprint density at radius 1 is 1.19 bits per heavy atom. The van der Waals surface area contributed by atoms with Crippen LogP contribution >= 0.6 is 0 Å². The van der Waals surface area contributed by atoms with E-state index in [4.69, 9.17) is 0 Å². The van der Waals surface area contributed by atoms with Crippen molar-refractivity contribution in [3.63, 3.8) is 0 Å². The van der Waals surface area contributed by atoms with Crippen LogP contribution in [0.1, 0.15) is 28.7 Å². The number of nitrogens with zero attached hydrogens (tertiary/aromatic N) is 4. The number of pyridine rings is 1. The van der Waals surface area contributed by atoms with Crippen molar-refractivity contribution in [2.24, 2.45) is 0 Å². The molecule has 2 N–H and O–H groups in total. The predicted molar refractivity (Wildman–Crippen MR) is 116 cm³/mol. The number of amides is 1. The topological polar surface area (TPSA) is 88.5 Å². The molecule has 158 valence electrons. The molecule has 31 heavy (non-hydrogen) atoms. The second-order valence-electron chi connectivity index (χ2n) is 7.17. The lowest BCUT2D eigenvalue weighted by Crippen LogP contribution is -2.28. The fraction of sp³-hybridized carbons (Fsp3) is 0.217. The summed E-state index contributed by atoms with van der Waals surface area (Å²) in [4.78, 5) is 16.7. The van der Waals surface area contributed by atoms with Gasteiger partial charge in [-0.05, 0) is 55.8 Å². The van der Waals surface area contributed by atoms with E-state index in [-0.39, 0.29) is 11.7 Å². The first-order chi connectivity index (χ1) is 15.1. The third-order valence-corrected chi connectivity index (χ3v) is 5.17. The van der Waals surface area contributed by atoms with Gasteiger partial charge in [-0.1, -0.05) is 6.92 Å². The van der Waals surface area contributed by atoms with Crippen molar-refractivity contribution in [3.05, 3.63) is 77.6 Å². The Kier molecular flexibility index (Phi) is 5.88. The number of carbonyl (C=O) groups is 1. The molecule has 0 atom stereocenters. The van der Waals surface area contributed by atoms with Gasteiger partial charge < -0.3 is 5.32 Å². The normalized spacial score (nSPS) is 10.9. The molecule has 0 saturated carbocycles. The largest absolute Gasteiger partial charge is 0.349 e. The van der Waals surface area contributed by atoms with E-state index in [0.29, 0.717) is 18.8 Å². The van der Waals surface area contributed by atoms with Crippen LogP contribution in [0.2, 0.25) is 0 Å². The van der Waals surface area contributed by atoms with E-state index in [9.17, 15) is 9.18 Å². The number of carbonyl (C=O) groups excluding carboxylic acids is 1. The minimum atomic E-state index is -0.293. The van der Waals surface area contributed by atoms with E-state index < -0.39 is 0 Å². The number of aromatic nitrogens is 5. The van der Waals surface area contributed by atoms with Crippen molar-refractivity contribution < 1.29 is 9.18 Å². The highest BCUT2D eigenvalue weighted by Gasteiger charge is 2.16. The number of aromatic amines is 1. The van der Waals surface area contributed by atoms with E-state index >= 15 is 0 Å². The molecular weight excluding hydrogens is 395 g/mol. The molecule has 0 aliphatic rings. The Morgan fingerprint density at radius 3 is 2.68 bits per heavy atom. The molecule has 1 amide bonds. The van der Waals surface area contributed by atoms with Gasteiger partial charge in [0.1, 0.15) is 5.82 Å².